The van der Waals surface area contributed by atoms with Crippen LogP contribution < -0.4 is 5.73 Å². The van der Waals surface area contributed by atoms with Gasteiger partial charge in [-0.1, -0.05) is 52.4 Å². The molecule has 0 saturated heterocycles. The summed E-state index contributed by atoms with van der Waals surface area (Å²) >= 11 is 0. The van der Waals surface area contributed by atoms with Crippen molar-refractivity contribution in [2.75, 3.05) is 26.2 Å². The van der Waals surface area contributed by atoms with Gasteiger partial charge < -0.3 is 15.7 Å². The molecule has 0 heterocycles. The van der Waals surface area contributed by atoms with Crippen LogP contribution in [0.3, 0.4) is 0 Å². The van der Waals surface area contributed by atoms with Crippen LogP contribution >= 0.6 is 0 Å². The number of nitrogens with zero attached hydrogens (tertiary/aromatic N) is 1. The smallest absolute Gasteiger partial charge is 0.342 e. The summed E-state index contributed by atoms with van der Waals surface area (Å²) in [6.07, 6.45) is 14.0. The van der Waals surface area contributed by atoms with Gasteiger partial charge in [0.1, 0.15) is 6.10 Å². The van der Waals surface area contributed by atoms with Gasteiger partial charge in [0.15, 0.2) is 0 Å². The number of carbonyl (C=O) groups is 2. The van der Waals surface area contributed by atoms with Gasteiger partial charge >= 0.3 is 11.9 Å². The first-order valence-corrected chi connectivity index (χ1v) is 12.5. The zero-order valence-corrected chi connectivity index (χ0v) is 20.1. The predicted octanol–water partition coefficient (Wildman–Crippen LogP) is 5.07. The summed E-state index contributed by atoms with van der Waals surface area (Å²) in [7, 11) is 0. The Morgan fingerprint density at radius 3 is 1.77 bits per heavy atom. The molecule has 0 saturated carbocycles. The average molecular weight is 445 g/mol. The van der Waals surface area contributed by atoms with E-state index in [1.165, 1.54) is 19.3 Å². The van der Waals surface area contributed by atoms with Crippen molar-refractivity contribution in [3.8, 4) is 0 Å². The molecule has 0 spiro atoms. The molecule has 184 valence electrons. The van der Waals surface area contributed by atoms with Gasteiger partial charge in [0.2, 0.25) is 0 Å². The molecule has 0 aliphatic rings. The summed E-state index contributed by atoms with van der Waals surface area (Å²) in [6, 6.07) is 0. The molecule has 0 rings (SSSR count). The number of carboxylic acids is 1. The Labute approximate surface area is 190 Å². The summed E-state index contributed by atoms with van der Waals surface area (Å²) in [5, 5.41) is 8.66. The van der Waals surface area contributed by atoms with E-state index in [-0.39, 0.29) is 18.5 Å². The lowest BCUT2D eigenvalue weighted by Gasteiger charge is -2.22. The summed E-state index contributed by atoms with van der Waals surface area (Å²) in [4.78, 5) is 34.7. The van der Waals surface area contributed by atoms with Crippen molar-refractivity contribution in [3.63, 3.8) is 0 Å². The first-order chi connectivity index (χ1) is 15.0. The van der Waals surface area contributed by atoms with Crippen LogP contribution in [0.5, 0.6) is 0 Å². The maximum atomic E-state index is 11.7. The van der Waals surface area contributed by atoms with E-state index in [4.69, 9.17) is 20.6 Å². The molecule has 7 heteroatoms. The fraction of sp³-hybridized carbons (Fsp3) is 0.917. The van der Waals surface area contributed by atoms with Crippen molar-refractivity contribution in [1.82, 2.24) is 4.90 Å². The van der Waals surface area contributed by atoms with E-state index >= 15 is 0 Å². The predicted molar refractivity (Wildman–Crippen MR) is 125 cm³/mol. The normalized spacial score (nSPS) is 11.4. The number of carbonyl (C=O) groups excluding carboxylic acids is 1. The molecule has 0 fully saturated rings. The van der Waals surface area contributed by atoms with Gasteiger partial charge in [-0.05, 0) is 71.1 Å². The number of nitrogens with two attached hydrogens (primary N) is 1. The minimum Gasteiger partial charge on any atom is -0.481 e. The highest BCUT2D eigenvalue weighted by atomic mass is 17.2. The minimum absolute atomic E-state index is 0.00287. The number of carboxylic acid groups (broad SMARTS) is 1. The zero-order chi connectivity index (χ0) is 23.2. The van der Waals surface area contributed by atoms with E-state index in [0.29, 0.717) is 6.42 Å². The van der Waals surface area contributed by atoms with Crippen LogP contribution in [-0.2, 0) is 19.4 Å². The van der Waals surface area contributed by atoms with Gasteiger partial charge in [-0.25, -0.2) is 4.79 Å². The van der Waals surface area contributed by atoms with E-state index in [2.05, 4.69) is 4.90 Å². The van der Waals surface area contributed by atoms with Gasteiger partial charge in [-0.2, -0.15) is 4.89 Å². The summed E-state index contributed by atoms with van der Waals surface area (Å²) in [5.41, 5.74) is 5.68. The lowest BCUT2D eigenvalue weighted by molar-refractivity contribution is -0.298. The van der Waals surface area contributed by atoms with E-state index < -0.39 is 5.97 Å². The molecule has 0 bridgehead atoms. The van der Waals surface area contributed by atoms with Crippen LogP contribution in [0.25, 0.3) is 0 Å². The zero-order valence-electron chi connectivity index (χ0n) is 20.1. The maximum Gasteiger partial charge on any atom is 0.342 e. The molecule has 0 radical (unpaired) electrons. The Morgan fingerprint density at radius 2 is 1.26 bits per heavy atom. The monoisotopic (exact) mass is 444 g/mol. The third kappa shape index (κ3) is 20.5. The van der Waals surface area contributed by atoms with Crippen LogP contribution in [0, 0.1) is 0 Å². The number of hydrogen-bond donors (Lipinski definition) is 2. The highest BCUT2D eigenvalue weighted by molar-refractivity contribution is 5.68. The van der Waals surface area contributed by atoms with Crippen LogP contribution in [0.1, 0.15) is 110 Å². The van der Waals surface area contributed by atoms with E-state index in [1.54, 1.807) is 0 Å². The van der Waals surface area contributed by atoms with Gasteiger partial charge in [0.25, 0.3) is 0 Å². The molecule has 0 amide bonds. The van der Waals surface area contributed by atoms with Gasteiger partial charge in [0.05, 0.1) is 0 Å². The molecule has 0 aromatic rings. The number of hydrogen-bond acceptors (Lipinski definition) is 6. The van der Waals surface area contributed by atoms with Crippen LogP contribution in [-0.4, -0.2) is 54.2 Å². The van der Waals surface area contributed by atoms with Crippen LogP contribution in [0.4, 0.5) is 0 Å². The summed E-state index contributed by atoms with van der Waals surface area (Å²) in [6.45, 7) is 8.01. The van der Waals surface area contributed by atoms with E-state index in [0.717, 1.165) is 90.4 Å². The van der Waals surface area contributed by atoms with E-state index in [1.807, 2.05) is 13.8 Å². The number of aliphatic carboxylic acids is 1. The van der Waals surface area contributed by atoms with Crippen molar-refractivity contribution < 1.29 is 24.5 Å². The molecule has 0 atom stereocenters. The summed E-state index contributed by atoms with van der Waals surface area (Å²) < 4.78 is 0. The Bertz CT molecular complexity index is 430. The molecular formula is C24H48N2O5. The van der Waals surface area contributed by atoms with Crippen molar-refractivity contribution in [2.24, 2.45) is 5.73 Å². The Balaban J connectivity index is 3.72. The lowest BCUT2D eigenvalue weighted by Crippen LogP contribution is -2.28. The van der Waals surface area contributed by atoms with Crippen LogP contribution in [0.2, 0.25) is 0 Å². The molecule has 7 nitrogen and oxygen atoms in total. The molecule has 0 aromatic heterocycles. The Morgan fingerprint density at radius 1 is 0.774 bits per heavy atom. The maximum absolute atomic E-state index is 11.7. The van der Waals surface area contributed by atoms with E-state index in [9.17, 15) is 9.59 Å². The lowest BCUT2D eigenvalue weighted by atomic mass is 10.1. The SMILES string of the molecule is CCC(CC)OOC(=O)CCCCCCCN(CCCN)CCCCCCCC(=O)O. The second-order valence-corrected chi connectivity index (χ2v) is 8.40. The highest BCUT2D eigenvalue weighted by Gasteiger charge is 2.09. The third-order valence-corrected chi connectivity index (χ3v) is 5.59. The first kappa shape index (κ1) is 29.8. The topological polar surface area (TPSA) is 102 Å². The first-order valence-electron chi connectivity index (χ1n) is 12.5. The standard InChI is InChI=1S/C24H48N2O5/c1-3-22(4-2)30-31-24(29)17-12-8-6-10-14-20-26(21-15-18-25)19-13-9-5-7-11-16-23(27)28/h22H,3-21,25H2,1-2H3,(H,27,28). The Hall–Kier alpha value is -1.18. The van der Waals surface area contributed by atoms with Crippen molar-refractivity contribution >= 4 is 11.9 Å². The fourth-order valence-electron chi connectivity index (χ4n) is 3.52. The summed E-state index contributed by atoms with van der Waals surface area (Å²) in [5.74, 6) is -0.957. The largest absolute Gasteiger partial charge is 0.481 e. The molecule has 0 aliphatic carbocycles. The minimum atomic E-state index is -0.695. The second-order valence-electron chi connectivity index (χ2n) is 8.40. The van der Waals surface area contributed by atoms with Crippen LogP contribution in [0.15, 0.2) is 0 Å². The van der Waals surface area contributed by atoms with Gasteiger partial charge in [-0.15, -0.1) is 0 Å². The molecule has 0 unspecified atom stereocenters. The third-order valence-electron chi connectivity index (χ3n) is 5.59. The molecule has 0 aliphatic heterocycles. The highest BCUT2D eigenvalue weighted by Crippen LogP contribution is 2.11. The fourth-order valence-corrected chi connectivity index (χ4v) is 3.52. The van der Waals surface area contributed by atoms with Crippen molar-refractivity contribution in [2.45, 2.75) is 116 Å². The van der Waals surface area contributed by atoms with Crippen molar-refractivity contribution in [1.29, 1.82) is 0 Å². The number of rotatable bonds is 23. The van der Waals surface area contributed by atoms with Crippen molar-refractivity contribution in [3.05, 3.63) is 0 Å². The quantitative estimate of drug-likeness (QED) is 0.129. The molecule has 3 N–H and O–H groups in total. The van der Waals surface area contributed by atoms with Gasteiger partial charge in [-0.3, -0.25) is 9.68 Å². The Kier molecular flexibility index (Phi) is 21.2. The number of unbranched alkanes of at least 4 members (excludes halogenated alkanes) is 8. The molecule has 0 aromatic carbocycles. The average Bonchev–Trinajstić information content (AvgIpc) is 2.75. The van der Waals surface area contributed by atoms with Gasteiger partial charge in [0, 0.05) is 12.8 Å². The molecule has 31 heavy (non-hydrogen) atoms. The second kappa shape index (κ2) is 22.0. The molecular weight excluding hydrogens is 396 g/mol.